The van der Waals surface area contributed by atoms with E-state index in [1.165, 1.54) is 16.7 Å². The zero-order valence-electron chi connectivity index (χ0n) is 14.4. The maximum atomic E-state index is 12.9. The number of rotatable bonds is 7. The molecule has 1 N–H and O–H groups in total. The summed E-state index contributed by atoms with van der Waals surface area (Å²) in [6, 6.07) is 0. The van der Waals surface area contributed by atoms with Crippen molar-refractivity contribution in [2.75, 3.05) is 5.75 Å². The van der Waals surface area contributed by atoms with Gasteiger partial charge in [-0.05, 0) is 25.7 Å². The quantitative estimate of drug-likeness (QED) is 0.550. The van der Waals surface area contributed by atoms with Crippen LogP contribution in [0.5, 0.6) is 0 Å². The van der Waals surface area contributed by atoms with E-state index < -0.39 is 12.1 Å². The fourth-order valence-electron chi connectivity index (χ4n) is 3.27. The van der Waals surface area contributed by atoms with E-state index in [1.807, 2.05) is 21.6 Å². The average Bonchev–Trinajstić information content (AvgIpc) is 3.25. The molecule has 1 aromatic heterocycles. The number of carbonyl (C=O) groups excluding carboxylic acids is 1. The summed E-state index contributed by atoms with van der Waals surface area (Å²) in [4.78, 5) is 12.0. The summed E-state index contributed by atoms with van der Waals surface area (Å²) in [5, 5.41) is 11.4. The molecule has 0 aromatic carbocycles. The van der Waals surface area contributed by atoms with Gasteiger partial charge in [-0.1, -0.05) is 28.0 Å². The van der Waals surface area contributed by atoms with Crippen LogP contribution < -0.4 is 5.32 Å². The molecule has 0 aliphatic carbocycles. The lowest BCUT2D eigenvalue weighted by Crippen LogP contribution is -2.33. The number of aromatic nitrogens is 3. The minimum atomic E-state index is -4.21. The van der Waals surface area contributed by atoms with Gasteiger partial charge in [0, 0.05) is 30.4 Å². The number of alkyl halides is 3. The third-order valence-corrected chi connectivity index (χ3v) is 7.84. The molecule has 2 unspecified atom stereocenters. The lowest BCUT2D eigenvalue weighted by Gasteiger charge is -2.26. The summed E-state index contributed by atoms with van der Waals surface area (Å²) >= 11 is 0. The van der Waals surface area contributed by atoms with Gasteiger partial charge in [-0.25, -0.2) is 0 Å². The summed E-state index contributed by atoms with van der Waals surface area (Å²) in [6.45, 7) is -0.0281. The molecule has 5 nitrogen and oxygen atoms in total. The molecule has 0 bridgehead atoms. The van der Waals surface area contributed by atoms with E-state index >= 15 is 0 Å². The van der Waals surface area contributed by atoms with Gasteiger partial charge in [-0.3, -0.25) is 4.79 Å². The monoisotopic (exact) mass is 408 g/mol. The number of nitrogens with one attached hydrogen (secondary N) is 1. The Kier molecular flexibility index (Phi) is 6.76. The number of halogens is 3. The maximum Gasteiger partial charge on any atom is 0.393 e. The predicted octanol–water partition coefficient (Wildman–Crippen LogP) is 3.73. The Morgan fingerprint density at radius 1 is 1.27 bits per heavy atom. The first-order chi connectivity index (χ1) is 12.4. The SMILES string of the molecule is O=C(CCCCC1CCSS1)NCc1nnc2n1CC(C(F)(F)F)CC2. The van der Waals surface area contributed by atoms with Crippen LogP contribution in [0.3, 0.4) is 0 Å². The third kappa shape index (κ3) is 5.31. The molecule has 0 spiro atoms. The Morgan fingerprint density at radius 2 is 2.12 bits per heavy atom. The van der Waals surface area contributed by atoms with E-state index in [0.717, 1.165) is 19.3 Å². The van der Waals surface area contributed by atoms with Crippen LogP contribution in [-0.2, 0) is 24.3 Å². The number of aryl methyl sites for hydroxylation is 1. The zero-order chi connectivity index (χ0) is 18.6. The highest BCUT2D eigenvalue weighted by Crippen LogP contribution is 2.40. The molecule has 3 heterocycles. The van der Waals surface area contributed by atoms with Gasteiger partial charge in [0.25, 0.3) is 0 Å². The van der Waals surface area contributed by atoms with Gasteiger partial charge >= 0.3 is 6.18 Å². The normalized spacial score (nSPS) is 23.0. The van der Waals surface area contributed by atoms with Crippen molar-refractivity contribution in [2.24, 2.45) is 5.92 Å². The summed E-state index contributed by atoms with van der Waals surface area (Å²) in [7, 11) is 3.86. The Hall–Kier alpha value is -0.900. The number of amides is 1. The van der Waals surface area contributed by atoms with Gasteiger partial charge in [-0.15, -0.1) is 10.2 Å². The Morgan fingerprint density at radius 3 is 2.85 bits per heavy atom. The highest BCUT2D eigenvalue weighted by Gasteiger charge is 2.42. The molecular weight excluding hydrogens is 385 g/mol. The predicted molar refractivity (Wildman–Crippen MR) is 96.7 cm³/mol. The third-order valence-electron chi connectivity index (χ3n) is 4.84. The van der Waals surface area contributed by atoms with Gasteiger partial charge in [0.1, 0.15) is 5.82 Å². The minimum absolute atomic E-state index is 0.0474. The Labute approximate surface area is 158 Å². The first-order valence-corrected chi connectivity index (χ1v) is 11.3. The van der Waals surface area contributed by atoms with Crippen LogP contribution in [0.25, 0.3) is 0 Å². The number of carbonyl (C=O) groups is 1. The molecule has 2 aliphatic rings. The molecule has 1 aromatic rings. The van der Waals surface area contributed by atoms with Crippen LogP contribution in [0.4, 0.5) is 13.2 Å². The van der Waals surface area contributed by atoms with Crippen LogP contribution in [-0.4, -0.2) is 37.9 Å². The van der Waals surface area contributed by atoms with E-state index in [-0.39, 0.29) is 31.8 Å². The van der Waals surface area contributed by atoms with E-state index in [2.05, 4.69) is 15.5 Å². The molecule has 0 saturated carbocycles. The van der Waals surface area contributed by atoms with Crippen LogP contribution >= 0.6 is 21.6 Å². The van der Waals surface area contributed by atoms with Gasteiger partial charge in [0.05, 0.1) is 12.5 Å². The second-order valence-corrected chi connectivity index (χ2v) is 9.56. The second kappa shape index (κ2) is 8.86. The number of nitrogens with zero attached hydrogens (tertiary/aromatic N) is 3. The standard InChI is InChI=1S/C16H23F3N4OS2/c17-16(18,19)11-5-6-13-21-22-14(23(13)10-11)9-20-15(24)4-2-1-3-12-7-8-25-26-12/h11-12H,1-10H2,(H,20,24). The van der Waals surface area contributed by atoms with Crippen LogP contribution in [0.1, 0.15) is 50.2 Å². The van der Waals surface area contributed by atoms with Crippen molar-refractivity contribution in [3.8, 4) is 0 Å². The molecule has 2 aliphatic heterocycles. The van der Waals surface area contributed by atoms with Crippen LogP contribution in [0, 0.1) is 5.92 Å². The number of unbranched alkanes of at least 4 members (excludes halogenated alkanes) is 1. The van der Waals surface area contributed by atoms with Crippen molar-refractivity contribution in [1.29, 1.82) is 0 Å². The first-order valence-electron chi connectivity index (χ1n) is 8.96. The molecule has 26 heavy (non-hydrogen) atoms. The van der Waals surface area contributed by atoms with Crippen molar-refractivity contribution in [2.45, 2.75) is 69.5 Å². The van der Waals surface area contributed by atoms with Gasteiger partial charge in [-0.2, -0.15) is 13.2 Å². The van der Waals surface area contributed by atoms with Crippen molar-refractivity contribution >= 4 is 27.5 Å². The fourth-order valence-corrected chi connectivity index (χ4v) is 6.30. The number of hydrogen-bond acceptors (Lipinski definition) is 5. The summed E-state index contributed by atoms with van der Waals surface area (Å²) in [5.74, 6) is 0.739. The molecule has 1 fully saturated rings. The van der Waals surface area contributed by atoms with Gasteiger partial charge in [0.15, 0.2) is 5.82 Å². The van der Waals surface area contributed by atoms with Crippen molar-refractivity contribution < 1.29 is 18.0 Å². The fraction of sp³-hybridized carbons (Fsp3) is 0.812. The first kappa shape index (κ1) is 19.9. The summed E-state index contributed by atoms with van der Waals surface area (Å²) < 4.78 is 40.3. The highest BCUT2D eigenvalue weighted by atomic mass is 33.1. The van der Waals surface area contributed by atoms with Gasteiger partial charge < -0.3 is 9.88 Å². The Balaban J connectivity index is 1.41. The largest absolute Gasteiger partial charge is 0.393 e. The molecule has 3 rings (SSSR count). The van der Waals surface area contributed by atoms with Gasteiger partial charge in [0.2, 0.25) is 5.91 Å². The average molecular weight is 409 g/mol. The van der Waals surface area contributed by atoms with Crippen molar-refractivity contribution in [1.82, 2.24) is 20.1 Å². The smallest absolute Gasteiger partial charge is 0.349 e. The van der Waals surface area contributed by atoms with E-state index in [9.17, 15) is 18.0 Å². The number of hydrogen-bond donors (Lipinski definition) is 1. The van der Waals surface area contributed by atoms with E-state index in [0.29, 0.717) is 23.3 Å². The summed E-state index contributed by atoms with van der Waals surface area (Å²) in [6.07, 6.45) is 0.796. The van der Waals surface area contributed by atoms with Crippen LogP contribution in [0.2, 0.25) is 0 Å². The minimum Gasteiger partial charge on any atom is -0.349 e. The molecule has 146 valence electrons. The summed E-state index contributed by atoms with van der Waals surface area (Å²) in [5.41, 5.74) is 0. The van der Waals surface area contributed by atoms with E-state index in [1.54, 1.807) is 0 Å². The van der Waals surface area contributed by atoms with E-state index in [4.69, 9.17) is 0 Å². The highest BCUT2D eigenvalue weighted by molar-refractivity contribution is 8.77. The molecule has 1 amide bonds. The second-order valence-electron chi connectivity index (χ2n) is 6.77. The van der Waals surface area contributed by atoms with Crippen molar-refractivity contribution in [3.05, 3.63) is 11.6 Å². The maximum absolute atomic E-state index is 12.9. The van der Waals surface area contributed by atoms with Crippen LogP contribution in [0.15, 0.2) is 0 Å². The number of fused-ring (bicyclic) bond motifs is 1. The molecule has 2 atom stereocenters. The topological polar surface area (TPSA) is 59.8 Å². The van der Waals surface area contributed by atoms with Crippen molar-refractivity contribution in [3.63, 3.8) is 0 Å². The molecule has 0 radical (unpaired) electrons. The zero-order valence-corrected chi connectivity index (χ0v) is 16.1. The lowest BCUT2D eigenvalue weighted by molar-refractivity contribution is -0.182. The molecule has 10 heteroatoms. The molecular formula is C16H23F3N4OS2. The molecule has 1 saturated heterocycles. The lowest BCUT2D eigenvalue weighted by atomic mass is 9.99. The Bertz CT molecular complexity index is 617.